The molecule has 0 aliphatic carbocycles. The fourth-order valence-corrected chi connectivity index (χ4v) is 1.47. The molecular weight excluding hydrogens is 230 g/mol. The third kappa shape index (κ3) is 3.77. The number of aliphatic hydroxyl groups is 1. The Kier molecular flexibility index (Phi) is 4.78. The Bertz CT molecular complexity index is 401. The summed E-state index contributed by atoms with van der Waals surface area (Å²) in [6, 6.07) is 0. The van der Waals surface area contributed by atoms with Gasteiger partial charge in [0.05, 0.1) is 17.5 Å². The number of hydrogen-bond acceptors (Lipinski definition) is 4. The van der Waals surface area contributed by atoms with Crippen molar-refractivity contribution in [3.63, 3.8) is 0 Å². The Morgan fingerprint density at radius 3 is 2.67 bits per heavy atom. The Balaban J connectivity index is 2.58. The van der Waals surface area contributed by atoms with Crippen LogP contribution in [-0.4, -0.2) is 33.1 Å². The maximum atomic E-state index is 11.8. The van der Waals surface area contributed by atoms with Gasteiger partial charge in [-0.2, -0.15) is 0 Å². The molecule has 5 nitrogen and oxygen atoms in total. The van der Waals surface area contributed by atoms with Crippen molar-refractivity contribution in [1.29, 1.82) is 0 Å². The molecule has 0 bridgehead atoms. The lowest BCUT2D eigenvalue weighted by molar-refractivity contribution is 0.00587. The molecule has 100 valence electrons. The molecule has 5 heteroatoms. The Hall–Kier alpha value is -1.49. The molecule has 1 heterocycles. The summed E-state index contributed by atoms with van der Waals surface area (Å²) in [5.41, 5.74) is 0.112. The van der Waals surface area contributed by atoms with Crippen LogP contribution < -0.4 is 5.32 Å². The Morgan fingerprint density at radius 2 is 2.17 bits per heavy atom. The molecule has 1 aromatic heterocycles. The van der Waals surface area contributed by atoms with Crippen molar-refractivity contribution in [2.75, 3.05) is 6.54 Å². The van der Waals surface area contributed by atoms with Crippen molar-refractivity contribution in [3.8, 4) is 0 Å². The van der Waals surface area contributed by atoms with Gasteiger partial charge in [0.2, 0.25) is 0 Å². The van der Waals surface area contributed by atoms with Gasteiger partial charge in [0, 0.05) is 12.7 Å². The lowest BCUT2D eigenvalue weighted by atomic mass is 9.88. The highest BCUT2D eigenvalue weighted by Crippen LogP contribution is 2.18. The van der Waals surface area contributed by atoms with Gasteiger partial charge >= 0.3 is 0 Å². The summed E-state index contributed by atoms with van der Waals surface area (Å²) < 4.78 is 0. The van der Waals surface area contributed by atoms with E-state index in [2.05, 4.69) is 15.3 Å². The minimum absolute atomic E-state index is 0.113. The van der Waals surface area contributed by atoms with Crippen molar-refractivity contribution in [2.45, 2.75) is 39.7 Å². The first-order valence-electron chi connectivity index (χ1n) is 6.16. The number of hydrogen-bond donors (Lipinski definition) is 2. The van der Waals surface area contributed by atoms with Gasteiger partial charge in [0.25, 0.3) is 5.91 Å². The van der Waals surface area contributed by atoms with E-state index in [0.29, 0.717) is 0 Å². The third-order valence-corrected chi connectivity index (χ3v) is 3.29. The van der Waals surface area contributed by atoms with E-state index in [4.69, 9.17) is 0 Å². The molecule has 0 spiro atoms. The van der Waals surface area contributed by atoms with Gasteiger partial charge < -0.3 is 10.4 Å². The fraction of sp³-hybridized carbons (Fsp3) is 0.615. The zero-order valence-electron chi connectivity index (χ0n) is 11.4. The molecule has 0 aromatic carbocycles. The van der Waals surface area contributed by atoms with Crippen LogP contribution in [0.4, 0.5) is 0 Å². The van der Waals surface area contributed by atoms with E-state index in [1.54, 1.807) is 13.1 Å². The Morgan fingerprint density at radius 1 is 1.50 bits per heavy atom. The van der Waals surface area contributed by atoms with E-state index in [1.165, 1.54) is 6.20 Å². The second kappa shape index (κ2) is 5.91. The van der Waals surface area contributed by atoms with Crippen LogP contribution in [0.5, 0.6) is 0 Å². The molecule has 1 aromatic rings. The molecule has 0 fully saturated rings. The van der Waals surface area contributed by atoms with Gasteiger partial charge in [0.1, 0.15) is 5.69 Å². The van der Waals surface area contributed by atoms with Crippen LogP contribution in [0.3, 0.4) is 0 Å². The van der Waals surface area contributed by atoms with E-state index < -0.39 is 5.60 Å². The van der Waals surface area contributed by atoms with Crippen molar-refractivity contribution >= 4 is 5.91 Å². The number of aromatic nitrogens is 2. The second-order valence-electron chi connectivity index (χ2n) is 4.89. The average molecular weight is 251 g/mol. The molecule has 0 saturated heterocycles. The normalized spacial score (nSPS) is 15.8. The number of rotatable bonds is 5. The predicted molar refractivity (Wildman–Crippen MR) is 69.2 cm³/mol. The molecule has 0 radical (unpaired) electrons. The SMILES string of the molecule is CCC(C)C(C)(O)CNC(=O)c1cnc(C)cn1. The minimum Gasteiger partial charge on any atom is -0.388 e. The van der Waals surface area contributed by atoms with Crippen LogP contribution in [0.2, 0.25) is 0 Å². The summed E-state index contributed by atoms with van der Waals surface area (Å²) >= 11 is 0. The summed E-state index contributed by atoms with van der Waals surface area (Å²) in [5, 5.41) is 12.9. The average Bonchev–Trinajstić information content (AvgIpc) is 2.35. The van der Waals surface area contributed by atoms with Gasteiger partial charge in [-0.25, -0.2) is 4.98 Å². The number of aryl methyl sites for hydroxylation is 1. The molecule has 0 aliphatic heterocycles. The van der Waals surface area contributed by atoms with Gasteiger partial charge in [0.15, 0.2) is 0 Å². The quantitative estimate of drug-likeness (QED) is 0.827. The molecule has 1 amide bonds. The number of nitrogens with zero attached hydrogens (tertiary/aromatic N) is 2. The summed E-state index contributed by atoms with van der Waals surface area (Å²) in [6.45, 7) is 7.70. The largest absolute Gasteiger partial charge is 0.388 e. The molecule has 2 N–H and O–H groups in total. The lowest BCUT2D eigenvalue weighted by Gasteiger charge is -2.29. The predicted octanol–water partition coefficient (Wildman–Crippen LogP) is 1.31. The molecule has 1 rings (SSSR count). The van der Waals surface area contributed by atoms with E-state index >= 15 is 0 Å². The fourth-order valence-electron chi connectivity index (χ4n) is 1.47. The van der Waals surface area contributed by atoms with Crippen molar-refractivity contribution < 1.29 is 9.90 Å². The summed E-state index contributed by atoms with van der Waals surface area (Å²) in [6.07, 6.45) is 3.83. The van der Waals surface area contributed by atoms with Crippen LogP contribution in [0.25, 0.3) is 0 Å². The van der Waals surface area contributed by atoms with Gasteiger partial charge in [-0.3, -0.25) is 9.78 Å². The van der Waals surface area contributed by atoms with Crippen molar-refractivity contribution in [1.82, 2.24) is 15.3 Å². The van der Waals surface area contributed by atoms with Crippen LogP contribution in [0.1, 0.15) is 43.4 Å². The first kappa shape index (κ1) is 14.6. The molecular formula is C13H21N3O2. The first-order chi connectivity index (χ1) is 8.36. The summed E-state index contributed by atoms with van der Waals surface area (Å²) in [5.74, 6) is -0.201. The van der Waals surface area contributed by atoms with Crippen LogP contribution in [-0.2, 0) is 0 Å². The molecule has 18 heavy (non-hydrogen) atoms. The highest BCUT2D eigenvalue weighted by atomic mass is 16.3. The maximum Gasteiger partial charge on any atom is 0.271 e. The summed E-state index contributed by atoms with van der Waals surface area (Å²) in [4.78, 5) is 19.8. The topological polar surface area (TPSA) is 75.1 Å². The molecule has 0 saturated carbocycles. The number of carbonyl (C=O) groups excluding carboxylic acids is 1. The van der Waals surface area contributed by atoms with Crippen LogP contribution in [0, 0.1) is 12.8 Å². The number of carbonyl (C=O) groups is 1. The van der Waals surface area contributed by atoms with E-state index in [0.717, 1.165) is 12.1 Å². The number of nitrogens with one attached hydrogen (secondary N) is 1. The molecule has 2 unspecified atom stereocenters. The lowest BCUT2D eigenvalue weighted by Crippen LogP contribution is -2.45. The zero-order valence-corrected chi connectivity index (χ0v) is 11.4. The van der Waals surface area contributed by atoms with Gasteiger partial charge in [-0.05, 0) is 19.8 Å². The minimum atomic E-state index is -0.914. The van der Waals surface area contributed by atoms with Crippen LogP contribution in [0.15, 0.2) is 12.4 Å². The highest BCUT2D eigenvalue weighted by molar-refractivity contribution is 5.91. The van der Waals surface area contributed by atoms with E-state index in [9.17, 15) is 9.90 Å². The van der Waals surface area contributed by atoms with Crippen molar-refractivity contribution in [3.05, 3.63) is 23.8 Å². The monoisotopic (exact) mass is 251 g/mol. The molecule has 0 aliphatic rings. The standard InChI is InChI=1S/C13H21N3O2/c1-5-9(2)13(4,18)8-16-12(17)11-7-14-10(3)6-15-11/h6-7,9,18H,5,8H2,1-4H3,(H,16,17). The highest BCUT2D eigenvalue weighted by Gasteiger charge is 2.27. The van der Waals surface area contributed by atoms with Crippen LogP contribution >= 0.6 is 0 Å². The maximum absolute atomic E-state index is 11.8. The Labute approximate surface area is 108 Å². The third-order valence-electron chi connectivity index (χ3n) is 3.29. The first-order valence-corrected chi connectivity index (χ1v) is 6.16. The summed E-state index contributed by atoms with van der Waals surface area (Å²) in [7, 11) is 0. The smallest absolute Gasteiger partial charge is 0.271 e. The number of amides is 1. The van der Waals surface area contributed by atoms with E-state index in [-0.39, 0.29) is 24.1 Å². The molecule has 2 atom stereocenters. The van der Waals surface area contributed by atoms with Gasteiger partial charge in [-0.15, -0.1) is 0 Å². The van der Waals surface area contributed by atoms with E-state index in [1.807, 2.05) is 20.8 Å². The second-order valence-corrected chi connectivity index (χ2v) is 4.89. The van der Waals surface area contributed by atoms with Crippen molar-refractivity contribution in [2.24, 2.45) is 5.92 Å². The van der Waals surface area contributed by atoms with Gasteiger partial charge in [-0.1, -0.05) is 20.3 Å². The zero-order chi connectivity index (χ0) is 13.8.